The molecular weight excluding hydrogens is 260 g/mol. The second kappa shape index (κ2) is 6.69. The summed E-state index contributed by atoms with van der Waals surface area (Å²) in [5.41, 5.74) is -0.238. The molecule has 0 atom stereocenters. The Bertz CT molecular complexity index is 423. The van der Waals surface area contributed by atoms with E-state index in [4.69, 9.17) is 11.6 Å². The highest BCUT2D eigenvalue weighted by atomic mass is 35.5. The molecule has 0 unspecified atom stereocenters. The Morgan fingerprint density at radius 2 is 2.06 bits per heavy atom. The van der Waals surface area contributed by atoms with Crippen molar-refractivity contribution in [3.63, 3.8) is 0 Å². The molecule has 18 heavy (non-hydrogen) atoms. The molecule has 0 bridgehead atoms. The van der Waals surface area contributed by atoms with Gasteiger partial charge in [0, 0.05) is 18.5 Å². The first-order chi connectivity index (χ1) is 8.49. The van der Waals surface area contributed by atoms with Gasteiger partial charge in [0.05, 0.1) is 5.56 Å². The lowest BCUT2D eigenvalue weighted by Crippen LogP contribution is -2.38. The smallest absolute Gasteiger partial charge is 0.257 e. The van der Waals surface area contributed by atoms with Crippen LogP contribution < -0.4 is 0 Å². The largest absolute Gasteiger partial charge is 0.336 e. The number of halogens is 3. The van der Waals surface area contributed by atoms with Crippen molar-refractivity contribution in [3.8, 4) is 0 Å². The van der Waals surface area contributed by atoms with Crippen molar-refractivity contribution < 1.29 is 13.6 Å². The molecule has 0 N–H and O–H groups in total. The fraction of sp³-hybridized carbons (Fsp3) is 0.462. The molecule has 1 aromatic carbocycles. The SMILES string of the molecule is CC(C)N(CCCCl)C(=O)c1cccc(F)c1F. The van der Waals surface area contributed by atoms with Crippen molar-refractivity contribution in [1.82, 2.24) is 4.90 Å². The van der Waals surface area contributed by atoms with E-state index in [0.717, 1.165) is 6.07 Å². The second-order valence-electron chi connectivity index (χ2n) is 4.24. The van der Waals surface area contributed by atoms with Gasteiger partial charge in [0.2, 0.25) is 0 Å². The Kier molecular flexibility index (Phi) is 5.54. The van der Waals surface area contributed by atoms with E-state index in [2.05, 4.69) is 0 Å². The van der Waals surface area contributed by atoms with E-state index < -0.39 is 17.5 Å². The summed E-state index contributed by atoms with van der Waals surface area (Å²) in [5.74, 6) is -2.20. The fourth-order valence-corrected chi connectivity index (χ4v) is 1.77. The van der Waals surface area contributed by atoms with Crippen LogP contribution in [0.3, 0.4) is 0 Å². The molecule has 0 aliphatic heterocycles. The highest BCUT2D eigenvalue weighted by molar-refractivity contribution is 6.17. The van der Waals surface area contributed by atoms with E-state index in [9.17, 15) is 13.6 Å². The minimum atomic E-state index is -1.10. The van der Waals surface area contributed by atoms with E-state index in [1.807, 2.05) is 13.8 Å². The quantitative estimate of drug-likeness (QED) is 0.754. The average Bonchev–Trinajstić information content (AvgIpc) is 2.32. The first-order valence-corrected chi connectivity index (χ1v) is 6.33. The maximum absolute atomic E-state index is 13.5. The van der Waals surface area contributed by atoms with Crippen LogP contribution in [0.4, 0.5) is 8.78 Å². The molecule has 100 valence electrons. The topological polar surface area (TPSA) is 20.3 Å². The van der Waals surface area contributed by atoms with Crippen molar-refractivity contribution in [2.45, 2.75) is 26.3 Å². The minimum Gasteiger partial charge on any atom is -0.336 e. The minimum absolute atomic E-state index is 0.0941. The van der Waals surface area contributed by atoms with Gasteiger partial charge in [0.15, 0.2) is 11.6 Å². The van der Waals surface area contributed by atoms with Gasteiger partial charge in [-0.25, -0.2) is 8.78 Å². The summed E-state index contributed by atoms with van der Waals surface area (Å²) in [7, 11) is 0. The van der Waals surface area contributed by atoms with Crippen molar-refractivity contribution in [1.29, 1.82) is 0 Å². The number of benzene rings is 1. The maximum Gasteiger partial charge on any atom is 0.257 e. The highest BCUT2D eigenvalue weighted by Gasteiger charge is 2.22. The van der Waals surface area contributed by atoms with Gasteiger partial charge < -0.3 is 4.90 Å². The zero-order valence-electron chi connectivity index (χ0n) is 10.4. The third-order valence-corrected chi connectivity index (χ3v) is 2.87. The van der Waals surface area contributed by atoms with Crippen LogP contribution in [0.15, 0.2) is 18.2 Å². The molecule has 0 aliphatic rings. The molecule has 0 fully saturated rings. The van der Waals surface area contributed by atoms with Gasteiger partial charge in [-0.15, -0.1) is 11.6 Å². The molecule has 0 spiro atoms. The summed E-state index contributed by atoms with van der Waals surface area (Å²) < 4.78 is 26.6. The number of alkyl halides is 1. The summed E-state index contributed by atoms with van der Waals surface area (Å²) in [6.45, 7) is 4.07. The van der Waals surface area contributed by atoms with E-state index >= 15 is 0 Å². The van der Waals surface area contributed by atoms with Gasteiger partial charge in [-0.3, -0.25) is 4.79 Å². The fourth-order valence-electron chi connectivity index (χ4n) is 1.65. The molecule has 0 heterocycles. The summed E-state index contributed by atoms with van der Waals surface area (Å²) in [6, 6.07) is 3.51. The van der Waals surface area contributed by atoms with Gasteiger partial charge in [-0.05, 0) is 32.4 Å². The molecule has 1 amide bonds. The Morgan fingerprint density at radius 3 is 2.61 bits per heavy atom. The lowest BCUT2D eigenvalue weighted by Gasteiger charge is -2.26. The molecule has 0 saturated carbocycles. The van der Waals surface area contributed by atoms with Crippen LogP contribution >= 0.6 is 11.6 Å². The monoisotopic (exact) mass is 275 g/mol. The second-order valence-corrected chi connectivity index (χ2v) is 4.61. The summed E-state index contributed by atoms with van der Waals surface area (Å²) in [4.78, 5) is 13.6. The van der Waals surface area contributed by atoms with Crippen molar-refractivity contribution in [2.75, 3.05) is 12.4 Å². The molecule has 1 rings (SSSR count). The third-order valence-electron chi connectivity index (χ3n) is 2.60. The van der Waals surface area contributed by atoms with Gasteiger partial charge in [0.25, 0.3) is 5.91 Å². The Labute approximate surface area is 111 Å². The van der Waals surface area contributed by atoms with Crippen LogP contribution in [-0.2, 0) is 0 Å². The summed E-state index contributed by atoms with van der Waals surface area (Å²) >= 11 is 5.59. The van der Waals surface area contributed by atoms with Crippen LogP contribution in [-0.4, -0.2) is 29.3 Å². The van der Waals surface area contributed by atoms with Crippen molar-refractivity contribution in [3.05, 3.63) is 35.4 Å². The maximum atomic E-state index is 13.5. The molecule has 0 aliphatic carbocycles. The summed E-state index contributed by atoms with van der Waals surface area (Å²) in [6.07, 6.45) is 0.614. The molecule has 2 nitrogen and oxygen atoms in total. The third kappa shape index (κ3) is 3.42. The normalized spacial score (nSPS) is 10.8. The van der Waals surface area contributed by atoms with E-state index in [-0.39, 0.29) is 11.6 Å². The predicted molar refractivity (Wildman–Crippen MR) is 67.9 cm³/mol. The van der Waals surface area contributed by atoms with Gasteiger partial charge in [-0.1, -0.05) is 6.07 Å². The number of amides is 1. The number of hydrogen-bond donors (Lipinski definition) is 0. The zero-order valence-corrected chi connectivity index (χ0v) is 11.2. The Hall–Kier alpha value is -1.16. The standard InChI is InChI=1S/C13H16ClF2NO/c1-9(2)17(8-4-7-14)13(18)10-5-3-6-11(15)12(10)16/h3,5-6,9H,4,7-8H2,1-2H3. The number of carbonyl (C=O) groups excluding carboxylic acids is 1. The average molecular weight is 276 g/mol. The Balaban J connectivity index is 2.98. The van der Waals surface area contributed by atoms with Gasteiger partial charge in [-0.2, -0.15) is 0 Å². The van der Waals surface area contributed by atoms with Crippen LogP contribution in [0.2, 0.25) is 0 Å². The number of nitrogens with zero attached hydrogens (tertiary/aromatic N) is 1. The van der Waals surface area contributed by atoms with E-state index in [1.165, 1.54) is 17.0 Å². The molecule has 0 saturated heterocycles. The van der Waals surface area contributed by atoms with Crippen LogP contribution in [0.5, 0.6) is 0 Å². The van der Waals surface area contributed by atoms with Gasteiger partial charge in [0.1, 0.15) is 0 Å². The van der Waals surface area contributed by atoms with Crippen molar-refractivity contribution >= 4 is 17.5 Å². The number of rotatable bonds is 5. The van der Waals surface area contributed by atoms with E-state index in [0.29, 0.717) is 18.8 Å². The van der Waals surface area contributed by atoms with Crippen LogP contribution in [0.25, 0.3) is 0 Å². The molecule has 0 aromatic heterocycles. The molecule has 1 aromatic rings. The molecular formula is C13H16ClF2NO. The predicted octanol–water partition coefficient (Wildman–Crippen LogP) is 3.44. The molecule has 5 heteroatoms. The Morgan fingerprint density at radius 1 is 1.39 bits per heavy atom. The first kappa shape index (κ1) is 14.9. The zero-order chi connectivity index (χ0) is 13.7. The summed E-state index contributed by atoms with van der Waals surface area (Å²) in [5, 5.41) is 0. The lowest BCUT2D eigenvalue weighted by molar-refractivity contribution is 0.0700. The van der Waals surface area contributed by atoms with Crippen LogP contribution in [0, 0.1) is 11.6 Å². The number of carbonyl (C=O) groups is 1. The van der Waals surface area contributed by atoms with Crippen LogP contribution in [0.1, 0.15) is 30.6 Å². The van der Waals surface area contributed by atoms with Crippen molar-refractivity contribution in [2.24, 2.45) is 0 Å². The highest BCUT2D eigenvalue weighted by Crippen LogP contribution is 2.15. The lowest BCUT2D eigenvalue weighted by atomic mass is 10.1. The van der Waals surface area contributed by atoms with Gasteiger partial charge >= 0.3 is 0 Å². The van der Waals surface area contributed by atoms with E-state index in [1.54, 1.807) is 0 Å². The number of hydrogen-bond acceptors (Lipinski definition) is 1. The first-order valence-electron chi connectivity index (χ1n) is 5.80. The molecule has 0 radical (unpaired) electrons.